The second kappa shape index (κ2) is 9.82. The van der Waals surface area contributed by atoms with E-state index in [4.69, 9.17) is 0 Å². The third-order valence-electron chi connectivity index (χ3n) is 4.72. The van der Waals surface area contributed by atoms with Crippen molar-refractivity contribution in [1.82, 2.24) is 20.4 Å². The number of nitrogens with one attached hydrogen (secondary N) is 2. The number of nitrogens with zero attached hydrogens (tertiary/aromatic N) is 2. The first-order chi connectivity index (χ1) is 11.3. The summed E-state index contributed by atoms with van der Waals surface area (Å²) in [4.78, 5) is 2.49. The van der Waals surface area contributed by atoms with Crippen molar-refractivity contribution in [1.29, 1.82) is 0 Å². The first-order valence-electron chi connectivity index (χ1n) is 8.80. The maximum Gasteiger partial charge on any atom is 0.0923 e. The van der Waals surface area contributed by atoms with Gasteiger partial charge in [-0.05, 0) is 64.3 Å². The summed E-state index contributed by atoms with van der Waals surface area (Å²) in [6.45, 7) is 4.77. The van der Waals surface area contributed by atoms with Crippen molar-refractivity contribution in [2.45, 2.75) is 25.7 Å². The molecule has 4 nitrogen and oxygen atoms in total. The third-order valence-corrected chi connectivity index (χ3v) is 4.72. The summed E-state index contributed by atoms with van der Waals surface area (Å²) in [5, 5.41) is 11.1. The molecule has 0 atom stereocenters. The molecule has 0 bridgehead atoms. The molecule has 1 saturated heterocycles. The second-order valence-corrected chi connectivity index (χ2v) is 6.70. The van der Waals surface area contributed by atoms with E-state index < -0.39 is 0 Å². The predicted molar refractivity (Wildman–Crippen MR) is 103 cm³/mol. The molecule has 0 aliphatic carbocycles. The van der Waals surface area contributed by atoms with E-state index in [1.165, 1.54) is 50.2 Å². The SMILES string of the molecule is CN(CCCc1cc(-c2ccccc2)n[nH]1)CC1CCNCC1.Cl. The zero-order valence-electron chi connectivity index (χ0n) is 14.5. The highest BCUT2D eigenvalue weighted by atomic mass is 35.5. The average molecular weight is 349 g/mol. The van der Waals surface area contributed by atoms with Crippen molar-refractivity contribution < 1.29 is 0 Å². The molecule has 2 heterocycles. The van der Waals surface area contributed by atoms with E-state index in [-0.39, 0.29) is 12.4 Å². The van der Waals surface area contributed by atoms with E-state index in [1.807, 2.05) is 6.07 Å². The molecule has 1 aliphatic heterocycles. The molecule has 1 aromatic heterocycles. The van der Waals surface area contributed by atoms with Crippen LogP contribution in [0.1, 0.15) is 25.0 Å². The Bertz CT molecular complexity index is 578. The minimum Gasteiger partial charge on any atom is -0.317 e. The number of benzene rings is 1. The van der Waals surface area contributed by atoms with Gasteiger partial charge in [0.1, 0.15) is 0 Å². The van der Waals surface area contributed by atoms with E-state index in [0.717, 1.165) is 24.6 Å². The largest absolute Gasteiger partial charge is 0.317 e. The molecule has 1 aliphatic rings. The first-order valence-corrected chi connectivity index (χ1v) is 8.80. The monoisotopic (exact) mass is 348 g/mol. The normalized spacial score (nSPS) is 15.4. The van der Waals surface area contributed by atoms with Crippen LogP contribution in [0.3, 0.4) is 0 Å². The van der Waals surface area contributed by atoms with Gasteiger partial charge in [-0.15, -0.1) is 12.4 Å². The van der Waals surface area contributed by atoms with Crippen LogP contribution < -0.4 is 5.32 Å². The smallest absolute Gasteiger partial charge is 0.0923 e. The van der Waals surface area contributed by atoms with Crippen LogP contribution in [-0.2, 0) is 6.42 Å². The summed E-state index contributed by atoms with van der Waals surface area (Å²) >= 11 is 0. The van der Waals surface area contributed by atoms with Crippen molar-refractivity contribution in [3.8, 4) is 11.3 Å². The lowest BCUT2D eigenvalue weighted by molar-refractivity contribution is 0.238. The van der Waals surface area contributed by atoms with E-state index in [9.17, 15) is 0 Å². The number of piperidine rings is 1. The van der Waals surface area contributed by atoms with Crippen LogP contribution in [0.4, 0.5) is 0 Å². The van der Waals surface area contributed by atoms with Gasteiger partial charge in [-0.3, -0.25) is 5.10 Å². The predicted octanol–water partition coefficient (Wildman–Crippen LogP) is 3.36. The Morgan fingerprint density at radius 1 is 1.17 bits per heavy atom. The van der Waals surface area contributed by atoms with Crippen LogP contribution in [0.15, 0.2) is 36.4 Å². The van der Waals surface area contributed by atoms with Gasteiger partial charge in [0.05, 0.1) is 5.69 Å². The fraction of sp³-hybridized carbons (Fsp3) is 0.526. The summed E-state index contributed by atoms with van der Waals surface area (Å²) in [5.74, 6) is 0.873. The molecule has 2 aromatic rings. The lowest BCUT2D eigenvalue weighted by Crippen LogP contribution is -2.35. The van der Waals surface area contributed by atoms with Crippen LogP contribution in [0.2, 0.25) is 0 Å². The molecule has 1 aromatic carbocycles. The van der Waals surface area contributed by atoms with Gasteiger partial charge in [-0.1, -0.05) is 30.3 Å². The minimum absolute atomic E-state index is 0. The molecule has 132 valence electrons. The summed E-state index contributed by atoms with van der Waals surface area (Å²) in [5.41, 5.74) is 3.46. The van der Waals surface area contributed by atoms with Gasteiger partial charge in [0, 0.05) is 17.8 Å². The van der Waals surface area contributed by atoms with Gasteiger partial charge in [0.2, 0.25) is 0 Å². The van der Waals surface area contributed by atoms with Gasteiger partial charge in [-0.2, -0.15) is 5.10 Å². The van der Waals surface area contributed by atoms with Gasteiger partial charge < -0.3 is 10.2 Å². The molecule has 5 heteroatoms. The number of hydrogen-bond acceptors (Lipinski definition) is 3. The Labute approximate surface area is 151 Å². The zero-order chi connectivity index (χ0) is 15.9. The van der Waals surface area contributed by atoms with Crippen molar-refractivity contribution >= 4 is 12.4 Å². The number of H-pyrrole nitrogens is 1. The highest BCUT2D eigenvalue weighted by molar-refractivity contribution is 5.85. The number of hydrogen-bond donors (Lipinski definition) is 2. The molecule has 1 fully saturated rings. The van der Waals surface area contributed by atoms with Gasteiger partial charge in [0.25, 0.3) is 0 Å². The molecular formula is C19H29ClN4. The quantitative estimate of drug-likeness (QED) is 0.806. The Morgan fingerprint density at radius 3 is 2.67 bits per heavy atom. The van der Waals surface area contributed by atoms with E-state index in [0.29, 0.717) is 0 Å². The van der Waals surface area contributed by atoms with Crippen molar-refractivity contribution in [3.05, 3.63) is 42.1 Å². The fourth-order valence-corrected chi connectivity index (χ4v) is 3.38. The molecule has 0 amide bonds. The summed E-state index contributed by atoms with van der Waals surface area (Å²) in [6, 6.07) is 12.5. The van der Waals surface area contributed by atoms with Crippen molar-refractivity contribution in [3.63, 3.8) is 0 Å². The Balaban J connectivity index is 0.00000208. The van der Waals surface area contributed by atoms with Crippen LogP contribution in [0.5, 0.6) is 0 Å². The highest BCUT2D eigenvalue weighted by Gasteiger charge is 2.14. The van der Waals surface area contributed by atoms with Gasteiger partial charge in [-0.25, -0.2) is 0 Å². The second-order valence-electron chi connectivity index (χ2n) is 6.70. The number of halogens is 1. The zero-order valence-corrected chi connectivity index (χ0v) is 15.3. The highest BCUT2D eigenvalue weighted by Crippen LogP contribution is 2.18. The number of aryl methyl sites for hydroxylation is 1. The Kier molecular flexibility index (Phi) is 7.76. The summed E-state index contributed by atoms with van der Waals surface area (Å²) in [7, 11) is 2.25. The minimum atomic E-state index is 0. The average Bonchev–Trinajstić information content (AvgIpc) is 3.05. The summed E-state index contributed by atoms with van der Waals surface area (Å²) in [6.07, 6.45) is 4.89. The Morgan fingerprint density at radius 2 is 1.92 bits per heavy atom. The summed E-state index contributed by atoms with van der Waals surface area (Å²) < 4.78 is 0. The standard InChI is InChI=1S/C19H28N4.ClH/c1-23(15-16-9-11-20-12-10-16)13-5-8-18-14-19(22-21-18)17-6-3-2-4-7-17;/h2-4,6-7,14,16,20H,5,8-13,15H2,1H3,(H,21,22);1H. The van der Waals surface area contributed by atoms with E-state index in [1.54, 1.807) is 0 Å². The topological polar surface area (TPSA) is 44.0 Å². The fourth-order valence-electron chi connectivity index (χ4n) is 3.38. The van der Waals surface area contributed by atoms with E-state index in [2.05, 4.69) is 57.8 Å². The molecule has 3 rings (SSSR count). The van der Waals surface area contributed by atoms with Crippen LogP contribution in [0.25, 0.3) is 11.3 Å². The van der Waals surface area contributed by atoms with Crippen LogP contribution in [-0.4, -0.2) is 48.3 Å². The number of rotatable bonds is 7. The Hall–Kier alpha value is -1.36. The van der Waals surface area contributed by atoms with Crippen LogP contribution in [0, 0.1) is 5.92 Å². The molecule has 24 heavy (non-hydrogen) atoms. The maximum atomic E-state index is 4.43. The number of aromatic amines is 1. The molecule has 0 saturated carbocycles. The molecule has 0 spiro atoms. The lowest BCUT2D eigenvalue weighted by atomic mass is 9.97. The number of aromatic nitrogens is 2. The lowest BCUT2D eigenvalue weighted by Gasteiger charge is -2.27. The molecular weight excluding hydrogens is 320 g/mol. The first kappa shape index (κ1) is 19.0. The molecule has 0 unspecified atom stereocenters. The van der Waals surface area contributed by atoms with Gasteiger partial charge in [0.15, 0.2) is 0 Å². The van der Waals surface area contributed by atoms with Crippen LogP contribution >= 0.6 is 12.4 Å². The molecule has 0 radical (unpaired) electrons. The van der Waals surface area contributed by atoms with Gasteiger partial charge >= 0.3 is 0 Å². The van der Waals surface area contributed by atoms with Crippen molar-refractivity contribution in [2.75, 3.05) is 33.2 Å². The maximum absolute atomic E-state index is 4.43. The van der Waals surface area contributed by atoms with E-state index >= 15 is 0 Å². The molecule has 2 N–H and O–H groups in total. The third kappa shape index (κ3) is 5.62. The van der Waals surface area contributed by atoms with Crippen molar-refractivity contribution in [2.24, 2.45) is 5.92 Å².